The molecule has 1 aliphatic carbocycles. The first kappa shape index (κ1) is 12.9. The zero-order valence-electron chi connectivity index (χ0n) is 11.0. The lowest BCUT2D eigenvalue weighted by atomic mass is 9.84. The molecular formula is C14H25NO2. The van der Waals surface area contributed by atoms with Gasteiger partial charge in [-0.3, -0.25) is 4.79 Å². The van der Waals surface area contributed by atoms with Crippen molar-refractivity contribution in [3.05, 3.63) is 0 Å². The molecule has 98 valence electrons. The topological polar surface area (TPSA) is 40.5 Å². The van der Waals surface area contributed by atoms with Crippen LogP contribution >= 0.6 is 0 Å². The van der Waals surface area contributed by atoms with Gasteiger partial charge in [-0.05, 0) is 44.7 Å². The van der Waals surface area contributed by atoms with Crippen LogP contribution in [0.2, 0.25) is 0 Å². The van der Waals surface area contributed by atoms with E-state index in [1.807, 2.05) is 0 Å². The summed E-state index contributed by atoms with van der Waals surface area (Å²) in [5.74, 6) is 0.309. The third-order valence-corrected chi connectivity index (χ3v) is 4.83. The van der Waals surface area contributed by atoms with Crippen molar-refractivity contribution in [2.24, 2.45) is 11.3 Å². The number of carbonyl (C=O) groups is 1. The van der Waals surface area contributed by atoms with Crippen LogP contribution in [0.4, 0.5) is 0 Å². The van der Waals surface area contributed by atoms with Gasteiger partial charge in [-0.15, -0.1) is 0 Å². The minimum atomic E-state index is -0.562. The van der Waals surface area contributed by atoms with Gasteiger partial charge in [0.1, 0.15) is 0 Å². The predicted molar refractivity (Wildman–Crippen MR) is 68.0 cm³/mol. The first-order chi connectivity index (χ1) is 8.16. The number of hydrogen-bond acceptors (Lipinski definition) is 2. The van der Waals surface area contributed by atoms with Crippen LogP contribution in [0.1, 0.15) is 51.9 Å². The van der Waals surface area contributed by atoms with E-state index in [9.17, 15) is 9.90 Å². The number of hydrogen-bond donors (Lipinski definition) is 1. The largest absolute Gasteiger partial charge is 0.481 e. The third kappa shape index (κ3) is 2.82. The molecule has 2 aliphatic rings. The summed E-state index contributed by atoms with van der Waals surface area (Å²) in [5.41, 5.74) is -0.418. The van der Waals surface area contributed by atoms with E-state index in [2.05, 4.69) is 11.8 Å². The van der Waals surface area contributed by atoms with Gasteiger partial charge in [0.15, 0.2) is 0 Å². The second-order valence-electron chi connectivity index (χ2n) is 5.92. The first-order valence-electron chi connectivity index (χ1n) is 7.12. The number of nitrogens with zero attached hydrogens (tertiary/aromatic N) is 1. The number of likely N-dealkylation sites (tertiary alicyclic amines) is 1. The summed E-state index contributed by atoms with van der Waals surface area (Å²) >= 11 is 0. The summed E-state index contributed by atoms with van der Waals surface area (Å²) in [6.07, 6.45) is 7.75. The molecule has 2 fully saturated rings. The molecule has 3 heteroatoms. The molecule has 0 aromatic rings. The van der Waals surface area contributed by atoms with Gasteiger partial charge in [-0.2, -0.15) is 0 Å². The summed E-state index contributed by atoms with van der Waals surface area (Å²) in [6.45, 7) is 5.26. The molecule has 3 nitrogen and oxygen atoms in total. The van der Waals surface area contributed by atoms with Gasteiger partial charge in [0, 0.05) is 6.54 Å². The number of rotatable bonds is 4. The molecule has 0 amide bonds. The van der Waals surface area contributed by atoms with E-state index in [1.165, 1.54) is 19.3 Å². The molecule has 0 atom stereocenters. The van der Waals surface area contributed by atoms with E-state index in [1.54, 1.807) is 0 Å². The highest BCUT2D eigenvalue weighted by Gasteiger charge is 2.42. The van der Waals surface area contributed by atoms with Crippen molar-refractivity contribution in [3.8, 4) is 0 Å². The Morgan fingerprint density at radius 3 is 2.35 bits per heavy atom. The summed E-state index contributed by atoms with van der Waals surface area (Å²) in [5, 5.41) is 9.47. The molecule has 0 unspecified atom stereocenters. The fourth-order valence-electron chi connectivity index (χ4n) is 3.47. The Bertz CT molecular complexity index is 263. The molecule has 2 rings (SSSR count). The second kappa shape index (κ2) is 5.38. The number of aliphatic carboxylic acids is 1. The van der Waals surface area contributed by atoms with Crippen LogP contribution in [0, 0.1) is 11.3 Å². The van der Waals surface area contributed by atoms with Gasteiger partial charge >= 0.3 is 5.97 Å². The minimum absolute atomic E-state index is 0.418. The van der Waals surface area contributed by atoms with E-state index in [0.29, 0.717) is 0 Å². The van der Waals surface area contributed by atoms with Crippen LogP contribution < -0.4 is 0 Å². The van der Waals surface area contributed by atoms with Gasteiger partial charge in [0.2, 0.25) is 0 Å². The van der Waals surface area contributed by atoms with Gasteiger partial charge in [-0.25, -0.2) is 0 Å². The molecule has 0 aromatic heterocycles. The molecule has 1 saturated heterocycles. The van der Waals surface area contributed by atoms with Crippen molar-refractivity contribution in [1.82, 2.24) is 4.90 Å². The van der Waals surface area contributed by atoms with Crippen LogP contribution in [0.15, 0.2) is 0 Å². The van der Waals surface area contributed by atoms with Gasteiger partial charge in [0.05, 0.1) is 5.41 Å². The Labute approximate surface area is 104 Å². The van der Waals surface area contributed by atoms with Gasteiger partial charge < -0.3 is 10.0 Å². The predicted octanol–water partition coefficient (Wildman–Crippen LogP) is 2.75. The molecule has 0 bridgehead atoms. The van der Waals surface area contributed by atoms with E-state index < -0.39 is 11.4 Å². The maximum absolute atomic E-state index is 11.5. The standard InChI is InChI=1S/C14H25NO2/c1-2-12-5-9-15(10-6-12)11-14(13(16)17)7-3-4-8-14/h12H,2-11H2,1H3,(H,16,17). The monoisotopic (exact) mass is 239 g/mol. The Balaban J connectivity index is 1.89. The normalized spacial score (nSPS) is 26.2. The molecular weight excluding hydrogens is 214 g/mol. The lowest BCUT2D eigenvalue weighted by Crippen LogP contribution is -2.44. The average Bonchev–Trinajstić information content (AvgIpc) is 2.80. The maximum atomic E-state index is 11.5. The van der Waals surface area contributed by atoms with Crippen molar-refractivity contribution in [3.63, 3.8) is 0 Å². The second-order valence-corrected chi connectivity index (χ2v) is 5.92. The average molecular weight is 239 g/mol. The zero-order chi connectivity index (χ0) is 12.3. The maximum Gasteiger partial charge on any atom is 0.310 e. The molecule has 0 aromatic carbocycles. The fraction of sp³-hybridized carbons (Fsp3) is 0.929. The van der Waals surface area contributed by atoms with Crippen LogP contribution in [0.3, 0.4) is 0 Å². The molecule has 17 heavy (non-hydrogen) atoms. The van der Waals surface area contributed by atoms with Gasteiger partial charge in [-0.1, -0.05) is 26.2 Å². The Kier molecular flexibility index (Phi) is 4.08. The quantitative estimate of drug-likeness (QED) is 0.820. The minimum Gasteiger partial charge on any atom is -0.481 e. The first-order valence-corrected chi connectivity index (χ1v) is 7.12. The van der Waals surface area contributed by atoms with Crippen molar-refractivity contribution in [2.75, 3.05) is 19.6 Å². The summed E-state index contributed by atoms with van der Waals surface area (Å²) < 4.78 is 0. The molecule has 1 heterocycles. The Morgan fingerprint density at radius 2 is 1.88 bits per heavy atom. The SMILES string of the molecule is CCC1CCN(CC2(C(=O)O)CCCC2)CC1. The van der Waals surface area contributed by atoms with Crippen LogP contribution in [0.25, 0.3) is 0 Å². The lowest BCUT2D eigenvalue weighted by molar-refractivity contribution is -0.150. The van der Waals surface area contributed by atoms with Crippen LogP contribution in [-0.4, -0.2) is 35.6 Å². The highest BCUT2D eigenvalue weighted by atomic mass is 16.4. The molecule has 1 N–H and O–H groups in total. The van der Waals surface area contributed by atoms with E-state index in [0.717, 1.165) is 51.2 Å². The lowest BCUT2D eigenvalue weighted by Gasteiger charge is -2.36. The Morgan fingerprint density at radius 1 is 1.29 bits per heavy atom. The third-order valence-electron chi connectivity index (χ3n) is 4.83. The number of carboxylic acids is 1. The van der Waals surface area contributed by atoms with E-state index >= 15 is 0 Å². The van der Waals surface area contributed by atoms with Crippen molar-refractivity contribution in [1.29, 1.82) is 0 Å². The molecule has 1 saturated carbocycles. The van der Waals surface area contributed by atoms with Crippen LogP contribution in [0.5, 0.6) is 0 Å². The smallest absolute Gasteiger partial charge is 0.310 e. The fourth-order valence-corrected chi connectivity index (χ4v) is 3.47. The van der Waals surface area contributed by atoms with Crippen molar-refractivity contribution < 1.29 is 9.90 Å². The highest BCUT2D eigenvalue weighted by Crippen LogP contribution is 2.39. The molecule has 0 radical (unpaired) electrons. The van der Waals surface area contributed by atoms with E-state index in [4.69, 9.17) is 0 Å². The summed E-state index contributed by atoms with van der Waals surface area (Å²) in [4.78, 5) is 13.9. The number of carboxylic acid groups (broad SMARTS) is 1. The van der Waals surface area contributed by atoms with Crippen LogP contribution in [-0.2, 0) is 4.79 Å². The zero-order valence-corrected chi connectivity index (χ0v) is 11.0. The summed E-state index contributed by atoms with van der Waals surface area (Å²) in [7, 11) is 0. The van der Waals surface area contributed by atoms with Gasteiger partial charge in [0.25, 0.3) is 0 Å². The highest BCUT2D eigenvalue weighted by molar-refractivity contribution is 5.75. The van der Waals surface area contributed by atoms with Crippen molar-refractivity contribution >= 4 is 5.97 Å². The summed E-state index contributed by atoms with van der Waals surface area (Å²) in [6, 6.07) is 0. The van der Waals surface area contributed by atoms with Crippen molar-refractivity contribution in [2.45, 2.75) is 51.9 Å². The van der Waals surface area contributed by atoms with E-state index in [-0.39, 0.29) is 0 Å². The number of piperidine rings is 1. The molecule has 1 aliphatic heterocycles. The Hall–Kier alpha value is -0.570. The molecule has 0 spiro atoms.